The number of hydrogen-bond donors (Lipinski definition) is 3. The first kappa shape index (κ1) is 32.5. The lowest BCUT2D eigenvalue weighted by Gasteiger charge is -2.24. The van der Waals surface area contributed by atoms with Gasteiger partial charge in [-0.1, -0.05) is 30.3 Å². The van der Waals surface area contributed by atoms with Crippen LogP contribution in [0.25, 0.3) is 11.1 Å². The van der Waals surface area contributed by atoms with E-state index in [-0.39, 0.29) is 12.1 Å². The molecule has 4 rings (SSSR count). The normalized spacial score (nSPS) is 11.2. The number of carbonyl (C=O) groups is 1. The number of carbonyl (C=O) groups excluding carboxylic acids is 1. The van der Waals surface area contributed by atoms with Crippen molar-refractivity contribution in [1.29, 1.82) is 5.26 Å². The fraction of sp³-hybridized carbons (Fsp3) is 0.333. The summed E-state index contributed by atoms with van der Waals surface area (Å²) in [6.45, 7) is 1.79. The van der Waals surface area contributed by atoms with Crippen LogP contribution in [0.3, 0.4) is 0 Å². The average Bonchev–Trinajstić information content (AvgIpc) is 3.51. The maximum absolute atomic E-state index is 13.5. The zero-order chi connectivity index (χ0) is 31.9. The lowest BCUT2D eigenvalue weighted by Crippen LogP contribution is -2.41. The van der Waals surface area contributed by atoms with Gasteiger partial charge in [0.25, 0.3) is 0 Å². The summed E-state index contributed by atoms with van der Waals surface area (Å²) in [6.07, 6.45) is 15.1. The highest BCUT2D eigenvalue weighted by atomic mass is 16.5. The highest BCUT2D eigenvalue weighted by Gasteiger charge is 2.19. The fourth-order valence-electron chi connectivity index (χ4n) is 4.64. The number of anilines is 3. The molecule has 0 spiro atoms. The Morgan fingerprint density at radius 2 is 1.96 bits per heavy atom. The predicted molar refractivity (Wildman–Crippen MR) is 174 cm³/mol. The van der Waals surface area contributed by atoms with Gasteiger partial charge >= 0.3 is 6.03 Å². The lowest BCUT2D eigenvalue weighted by atomic mass is 10.1. The molecule has 1 unspecified atom stereocenters. The first-order chi connectivity index (χ1) is 22.0. The van der Waals surface area contributed by atoms with Gasteiger partial charge in [-0.3, -0.25) is 9.58 Å². The van der Waals surface area contributed by atoms with Gasteiger partial charge in [-0.25, -0.2) is 14.8 Å². The Morgan fingerprint density at radius 1 is 1.11 bits per heavy atom. The minimum atomic E-state index is -0.240. The van der Waals surface area contributed by atoms with Gasteiger partial charge in [0, 0.05) is 69.8 Å². The number of nitrogens with one attached hydrogen (secondary N) is 3. The topological polar surface area (TPSA) is 146 Å². The number of amides is 2. The van der Waals surface area contributed by atoms with E-state index >= 15 is 0 Å². The van der Waals surface area contributed by atoms with Crippen LogP contribution in [0.5, 0.6) is 0 Å². The molecule has 3 aromatic heterocycles. The number of methoxy groups -OCH3 is 1. The van der Waals surface area contributed by atoms with Gasteiger partial charge in [-0.15, -0.1) is 12.3 Å². The molecule has 3 heterocycles. The summed E-state index contributed by atoms with van der Waals surface area (Å²) in [5.41, 5.74) is 3.20. The van der Waals surface area contributed by atoms with Crippen LogP contribution in [0.15, 0.2) is 67.3 Å². The third kappa shape index (κ3) is 9.78. The molecule has 0 aliphatic carbocycles. The minimum Gasteiger partial charge on any atom is -0.383 e. The van der Waals surface area contributed by atoms with E-state index in [0.29, 0.717) is 75.1 Å². The number of hydrogen-bond acceptors (Lipinski definition) is 9. The van der Waals surface area contributed by atoms with Crippen LogP contribution < -0.4 is 20.9 Å². The summed E-state index contributed by atoms with van der Waals surface area (Å²) in [5, 5.41) is 23.2. The van der Waals surface area contributed by atoms with Crippen molar-refractivity contribution in [3.8, 4) is 29.5 Å². The molecule has 0 saturated heterocycles. The summed E-state index contributed by atoms with van der Waals surface area (Å²) < 4.78 is 6.82. The van der Waals surface area contributed by atoms with E-state index in [1.54, 1.807) is 29.1 Å². The van der Waals surface area contributed by atoms with E-state index in [4.69, 9.17) is 11.2 Å². The number of urea groups is 1. The first-order valence-electron chi connectivity index (χ1n) is 14.7. The number of nitriles is 1. The van der Waals surface area contributed by atoms with Crippen molar-refractivity contribution in [3.05, 3.63) is 78.4 Å². The molecule has 12 heteroatoms. The molecular formula is C33H38N10O2. The minimum absolute atomic E-state index is 0.0593. The Morgan fingerprint density at radius 3 is 2.64 bits per heavy atom. The Hall–Kier alpha value is -5.46. The molecular weight excluding hydrogens is 568 g/mol. The quantitative estimate of drug-likeness (QED) is 0.123. The molecule has 0 aliphatic rings. The molecule has 0 fully saturated rings. The highest BCUT2D eigenvalue weighted by Crippen LogP contribution is 2.22. The summed E-state index contributed by atoms with van der Waals surface area (Å²) in [6, 6.07) is 15.4. The molecule has 3 N–H and O–H groups in total. The number of ether oxygens (including phenoxy) is 1. The Bertz CT molecular complexity index is 1590. The third-order valence-electron chi connectivity index (χ3n) is 7.01. The second-order valence-electron chi connectivity index (χ2n) is 10.3. The second-order valence-corrected chi connectivity index (χ2v) is 10.3. The first-order valence-corrected chi connectivity index (χ1v) is 14.7. The summed E-state index contributed by atoms with van der Waals surface area (Å²) in [7, 11) is 3.47. The Labute approximate surface area is 263 Å². The van der Waals surface area contributed by atoms with Gasteiger partial charge < -0.3 is 20.7 Å². The van der Waals surface area contributed by atoms with Gasteiger partial charge in [0.15, 0.2) is 0 Å². The van der Waals surface area contributed by atoms with Gasteiger partial charge in [0.05, 0.1) is 19.0 Å². The zero-order valence-corrected chi connectivity index (χ0v) is 25.6. The molecule has 12 nitrogen and oxygen atoms in total. The average molecular weight is 607 g/mol. The van der Waals surface area contributed by atoms with Gasteiger partial charge in [-0.2, -0.15) is 15.3 Å². The van der Waals surface area contributed by atoms with Crippen molar-refractivity contribution < 1.29 is 9.53 Å². The van der Waals surface area contributed by atoms with Crippen LogP contribution in [0.1, 0.15) is 36.8 Å². The molecule has 0 bridgehead atoms. The van der Waals surface area contributed by atoms with Gasteiger partial charge in [-0.05, 0) is 37.0 Å². The standard InChI is InChI=1S/C33H38N10O2/c1-4-5-12-29(40-32-37-22-27(19-34)31(41-32)35-16-18-45-3)13-9-17-43(33(44)38-20-25-10-7-6-8-11-25)30-15-14-26(21-36-30)28-23-39-42(2)24-28/h1,6-8,10-11,14-15,21-24,29H,5,9,12-13,16-18,20H2,2-3H3,(H,38,44)(H2,35,37,40,41). The van der Waals surface area contributed by atoms with Gasteiger partial charge in [0.1, 0.15) is 23.3 Å². The summed E-state index contributed by atoms with van der Waals surface area (Å²) in [4.78, 5) is 28.6. The van der Waals surface area contributed by atoms with E-state index in [1.807, 2.05) is 55.7 Å². The molecule has 45 heavy (non-hydrogen) atoms. The Balaban J connectivity index is 1.46. The van der Waals surface area contributed by atoms with Crippen molar-refractivity contribution >= 4 is 23.6 Å². The van der Waals surface area contributed by atoms with E-state index in [1.165, 1.54) is 6.20 Å². The number of terminal acetylenes is 1. The second kappa shape index (κ2) is 17.0. The molecule has 232 valence electrons. The van der Waals surface area contributed by atoms with E-state index in [2.05, 4.69) is 48.0 Å². The zero-order valence-electron chi connectivity index (χ0n) is 25.6. The third-order valence-corrected chi connectivity index (χ3v) is 7.01. The number of aryl methyl sites for hydroxylation is 1. The summed E-state index contributed by atoms with van der Waals surface area (Å²) >= 11 is 0. The van der Waals surface area contributed by atoms with Crippen LogP contribution in [0.4, 0.5) is 22.4 Å². The van der Waals surface area contributed by atoms with Crippen molar-refractivity contribution in [2.45, 2.75) is 38.3 Å². The molecule has 4 aromatic rings. The maximum atomic E-state index is 13.5. The molecule has 0 saturated carbocycles. The van der Waals surface area contributed by atoms with Crippen molar-refractivity contribution in [3.63, 3.8) is 0 Å². The molecule has 0 aliphatic heterocycles. The molecule has 0 radical (unpaired) electrons. The van der Waals surface area contributed by atoms with Crippen LogP contribution in [0.2, 0.25) is 0 Å². The van der Waals surface area contributed by atoms with E-state index in [9.17, 15) is 10.1 Å². The maximum Gasteiger partial charge on any atom is 0.323 e. The summed E-state index contributed by atoms with van der Waals surface area (Å²) in [5.74, 6) is 4.07. The van der Waals surface area contributed by atoms with Crippen LogP contribution >= 0.6 is 0 Å². The van der Waals surface area contributed by atoms with Crippen molar-refractivity contribution in [1.82, 2.24) is 30.0 Å². The Kier molecular flexibility index (Phi) is 12.3. The van der Waals surface area contributed by atoms with Crippen molar-refractivity contribution in [2.24, 2.45) is 7.05 Å². The van der Waals surface area contributed by atoms with Crippen LogP contribution in [0, 0.1) is 23.7 Å². The molecule has 2 amide bonds. The highest BCUT2D eigenvalue weighted by molar-refractivity contribution is 5.91. The van der Waals surface area contributed by atoms with E-state index < -0.39 is 0 Å². The number of aromatic nitrogens is 5. The van der Waals surface area contributed by atoms with Crippen LogP contribution in [-0.4, -0.2) is 63.6 Å². The monoisotopic (exact) mass is 606 g/mol. The number of pyridine rings is 1. The van der Waals surface area contributed by atoms with E-state index in [0.717, 1.165) is 16.7 Å². The lowest BCUT2D eigenvalue weighted by molar-refractivity contribution is 0.210. The molecule has 1 aromatic carbocycles. The number of nitrogens with zero attached hydrogens (tertiary/aromatic N) is 7. The van der Waals surface area contributed by atoms with Gasteiger partial charge in [0.2, 0.25) is 5.95 Å². The number of rotatable bonds is 16. The van der Waals surface area contributed by atoms with Crippen LogP contribution in [-0.2, 0) is 18.3 Å². The number of benzene rings is 1. The van der Waals surface area contributed by atoms with Crippen molar-refractivity contribution in [2.75, 3.05) is 42.3 Å². The fourth-order valence-corrected chi connectivity index (χ4v) is 4.64. The largest absolute Gasteiger partial charge is 0.383 e. The molecule has 1 atom stereocenters. The smallest absolute Gasteiger partial charge is 0.323 e. The SMILES string of the molecule is C#CCCC(CCCN(C(=O)NCc1ccccc1)c1ccc(-c2cnn(C)c2)cn1)Nc1ncc(C#N)c(NCCOC)n1. The predicted octanol–water partition coefficient (Wildman–Crippen LogP) is 4.59.